The number of amides is 2. The molecule has 0 spiro atoms. The molecule has 1 fully saturated rings. The molecule has 0 saturated carbocycles. The van der Waals surface area contributed by atoms with E-state index in [2.05, 4.69) is 9.97 Å². The van der Waals surface area contributed by atoms with Gasteiger partial charge < -0.3 is 19.3 Å². The maximum absolute atomic E-state index is 12.6. The highest BCUT2D eigenvalue weighted by Gasteiger charge is 2.24. The van der Waals surface area contributed by atoms with Gasteiger partial charge in [-0.2, -0.15) is 0 Å². The van der Waals surface area contributed by atoms with Gasteiger partial charge >= 0.3 is 0 Å². The number of hydrogen-bond donors (Lipinski definition) is 0. The largest absolute Gasteiger partial charge is 0.490 e. The molecule has 8 heteroatoms. The molecule has 0 aliphatic carbocycles. The molecule has 1 aliphatic rings. The number of benzene rings is 1. The summed E-state index contributed by atoms with van der Waals surface area (Å²) in [5.41, 5.74) is 0.318. The van der Waals surface area contributed by atoms with Crippen LogP contribution in [-0.2, 0) is 4.79 Å². The predicted octanol–water partition coefficient (Wildman–Crippen LogP) is 1.63. The number of hydrogen-bond acceptors (Lipinski definition) is 6. The van der Waals surface area contributed by atoms with Gasteiger partial charge in [-0.1, -0.05) is 12.1 Å². The van der Waals surface area contributed by atoms with E-state index in [1.54, 1.807) is 15.9 Å². The van der Waals surface area contributed by atoms with Crippen molar-refractivity contribution in [1.82, 2.24) is 19.8 Å². The van der Waals surface area contributed by atoms with Gasteiger partial charge in [0.2, 0.25) is 0 Å². The summed E-state index contributed by atoms with van der Waals surface area (Å²) in [5, 5.41) is 0. The van der Waals surface area contributed by atoms with Gasteiger partial charge in [0.15, 0.2) is 18.1 Å². The van der Waals surface area contributed by atoms with Crippen LogP contribution in [0, 0.1) is 0 Å². The molecule has 0 atom stereocenters. The first-order valence-corrected chi connectivity index (χ1v) is 9.36. The minimum atomic E-state index is -0.163. The molecule has 0 bridgehead atoms. The van der Waals surface area contributed by atoms with E-state index in [0.717, 1.165) is 0 Å². The Hall–Kier alpha value is -3.16. The van der Waals surface area contributed by atoms with Crippen molar-refractivity contribution >= 4 is 11.8 Å². The van der Waals surface area contributed by atoms with Crippen LogP contribution >= 0.6 is 0 Å². The third-order valence-electron chi connectivity index (χ3n) is 4.42. The Morgan fingerprint density at radius 1 is 1.00 bits per heavy atom. The topological polar surface area (TPSA) is 84.9 Å². The Morgan fingerprint density at radius 3 is 2.43 bits per heavy atom. The molecule has 28 heavy (non-hydrogen) atoms. The van der Waals surface area contributed by atoms with Crippen LogP contribution in [-0.4, -0.2) is 71.0 Å². The summed E-state index contributed by atoms with van der Waals surface area (Å²) in [6.07, 6.45) is 5.19. The summed E-state index contributed by atoms with van der Waals surface area (Å²) in [6.45, 7) is 4.43. The first-order chi connectivity index (χ1) is 13.7. The molecule has 148 valence electrons. The van der Waals surface area contributed by atoms with Crippen LogP contribution in [0.2, 0.25) is 0 Å². The fourth-order valence-corrected chi connectivity index (χ4v) is 3.02. The first kappa shape index (κ1) is 19.6. The van der Waals surface area contributed by atoms with Crippen molar-refractivity contribution < 1.29 is 19.1 Å². The van der Waals surface area contributed by atoms with Crippen LogP contribution in [0.5, 0.6) is 11.5 Å². The second kappa shape index (κ2) is 9.68. The summed E-state index contributed by atoms with van der Waals surface area (Å²) >= 11 is 0. The molecule has 0 unspecified atom stereocenters. The van der Waals surface area contributed by atoms with Crippen LogP contribution in [0.15, 0.2) is 42.9 Å². The molecule has 0 N–H and O–H groups in total. The lowest BCUT2D eigenvalue weighted by atomic mass is 10.3. The lowest BCUT2D eigenvalue weighted by Gasteiger charge is -2.22. The van der Waals surface area contributed by atoms with Gasteiger partial charge in [0, 0.05) is 38.6 Å². The average molecular weight is 384 g/mol. The number of para-hydroxylation sites is 2. The smallest absolute Gasteiger partial charge is 0.274 e. The lowest BCUT2D eigenvalue weighted by Crippen LogP contribution is -2.39. The van der Waals surface area contributed by atoms with Crippen molar-refractivity contribution in [3.05, 3.63) is 48.5 Å². The van der Waals surface area contributed by atoms with Crippen LogP contribution in [0.25, 0.3) is 0 Å². The fraction of sp³-hybridized carbons (Fsp3) is 0.400. The van der Waals surface area contributed by atoms with E-state index in [1.165, 1.54) is 18.6 Å². The van der Waals surface area contributed by atoms with Gasteiger partial charge in [-0.25, -0.2) is 4.98 Å². The zero-order valence-electron chi connectivity index (χ0n) is 15.9. The van der Waals surface area contributed by atoms with E-state index >= 15 is 0 Å². The number of aromatic nitrogens is 2. The monoisotopic (exact) mass is 384 g/mol. The van der Waals surface area contributed by atoms with Crippen LogP contribution < -0.4 is 9.47 Å². The van der Waals surface area contributed by atoms with Gasteiger partial charge in [-0.3, -0.25) is 14.6 Å². The standard InChI is InChI=1S/C20H24N4O4/c1-2-27-17-6-3-4-7-18(17)28-15-19(25)23-10-5-11-24(13-12-23)20(26)16-14-21-8-9-22-16/h3-4,6-9,14H,2,5,10-13,15H2,1H3. The quantitative estimate of drug-likeness (QED) is 0.753. The summed E-state index contributed by atoms with van der Waals surface area (Å²) in [7, 11) is 0. The number of carbonyl (C=O) groups is 2. The van der Waals surface area contributed by atoms with Gasteiger partial charge in [0.25, 0.3) is 11.8 Å². The molecule has 1 aliphatic heterocycles. The van der Waals surface area contributed by atoms with E-state index in [9.17, 15) is 9.59 Å². The molecule has 1 aromatic carbocycles. The second-order valence-electron chi connectivity index (χ2n) is 6.29. The van der Waals surface area contributed by atoms with Crippen LogP contribution in [0.4, 0.5) is 0 Å². The predicted molar refractivity (Wildman–Crippen MR) is 102 cm³/mol. The molecule has 2 heterocycles. The normalized spacial score (nSPS) is 14.3. The summed E-state index contributed by atoms with van der Waals surface area (Å²) in [4.78, 5) is 36.5. The maximum atomic E-state index is 12.6. The highest BCUT2D eigenvalue weighted by atomic mass is 16.5. The number of carbonyl (C=O) groups excluding carboxylic acids is 2. The zero-order chi connectivity index (χ0) is 19.8. The maximum Gasteiger partial charge on any atom is 0.274 e. The molecule has 0 radical (unpaired) electrons. The fourth-order valence-electron chi connectivity index (χ4n) is 3.02. The van der Waals surface area contributed by atoms with Crippen LogP contribution in [0.3, 0.4) is 0 Å². The van der Waals surface area contributed by atoms with Gasteiger partial charge in [-0.05, 0) is 25.5 Å². The molecule has 1 saturated heterocycles. The Morgan fingerprint density at radius 2 is 1.71 bits per heavy atom. The van der Waals surface area contributed by atoms with Gasteiger partial charge in [0.05, 0.1) is 12.8 Å². The highest BCUT2D eigenvalue weighted by Crippen LogP contribution is 2.26. The SMILES string of the molecule is CCOc1ccccc1OCC(=O)N1CCCN(C(=O)c2cnccn2)CC1. The third-order valence-corrected chi connectivity index (χ3v) is 4.42. The Labute approximate surface area is 164 Å². The van der Waals surface area contributed by atoms with Gasteiger partial charge in [0.1, 0.15) is 5.69 Å². The molecular formula is C20H24N4O4. The molecule has 2 amide bonds. The summed E-state index contributed by atoms with van der Waals surface area (Å²) in [6, 6.07) is 7.29. The van der Waals surface area contributed by atoms with Crippen molar-refractivity contribution in [2.24, 2.45) is 0 Å². The van der Waals surface area contributed by atoms with Crippen molar-refractivity contribution in [1.29, 1.82) is 0 Å². The average Bonchev–Trinajstić information content (AvgIpc) is 2.99. The molecule has 2 aromatic rings. The second-order valence-corrected chi connectivity index (χ2v) is 6.29. The van der Waals surface area contributed by atoms with Crippen molar-refractivity contribution in [2.45, 2.75) is 13.3 Å². The van der Waals surface area contributed by atoms with E-state index in [1.807, 2.05) is 25.1 Å². The van der Waals surface area contributed by atoms with Crippen molar-refractivity contribution in [3.8, 4) is 11.5 Å². The molecule has 1 aromatic heterocycles. The first-order valence-electron chi connectivity index (χ1n) is 9.36. The van der Waals surface area contributed by atoms with E-state index in [4.69, 9.17) is 9.47 Å². The molecule has 3 rings (SSSR count). The highest BCUT2D eigenvalue weighted by molar-refractivity contribution is 5.92. The van der Waals surface area contributed by atoms with E-state index in [0.29, 0.717) is 56.4 Å². The summed E-state index contributed by atoms with van der Waals surface area (Å²) < 4.78 is 11.2. The van der Waals surface area contributed by atoms with Crippen molar-refractivity contribution in [3.63, 3.8) is 0 Å². The van der Waals surface area contributed by atoms with Crippen LogP contribution in [0.1, 0.15) is 23.8 Å². The van der Waals surface area contributed by atoms with Gasteiger partial charge in [-0.15, -0.1) is 0 Å². The zero-order valence-corrected chi connectivity index (χ0v) is 15.9. The summed E-state index contributed by atoms with van der Waals surface area (Å²) in [5.74, 6) is 0.894. The van der Waals surface area contributed by atoms with E-state index in [-0.39, 0.29) is 18.4 Å². The molecule has 8 nitrogen and oxygen atoms in total. The minimum absolute atomic E-state index is 0.0673. The van der Waals surface area contributed by atoms with Crippen molar-refractivity contribution in [2.75, 3.05) is 39.4 Å². The molecular weight excluding hydrogens is 360 g/mol. The Bertz CT molecular complexity index is 800. The minimum Gasteiger partial charge on any atom is -0.490 e. The third kappa shape index (κ3) is 4.97. The lowest BCUT2D eigenvalue weighted by molar-refractivity contribution is -0.133. The number of ether oxygens (including phenoxy) is 2. The number of rotatable bonds is 6. The Kier molecular flexibility index (Phi) is 6.78. The van der Waals surface area contributed by atoms with E-state index < -0.39 is 0 Å². The Balaban J connectivity index is 1.54. The number of nitrogens with zero attached hydrogens (tertiary/aromatic N) is 4.